The fourth-order valence-corrected chi connectivity index (χ4v) is 6.43. The van der Waals surface area contributed by atoms with E-state index in [-0.39, 0.29) is 6.10 Å². The van der Waals surface area contributed by atoms with Gasteiger partial charge in [0.25, 0.3) is 0 Å². The molecule has 0 amide bonds. The second-order valence-corrected chi connectivity index (χ2v) is 7.58. The molecule has 2 aliphatic carbocycles. The van der Waals surface area contributed by atoms with Crippen LogP contribution in [0.2, 0.25) is 0 Å². The minimum Gasteiger partial charge on any atom is -0.393 e. The first-order valence-corrected chi connectivity index (χ1v) is 8.15. The van der Waals surface area contributed by atoms with Gasteiger partial charge in [-0.3, -0.25) is 4.90 Å². The summed E-state index contributed by atoms with van der Waals surface area (Å²) in [4.78, 5) is 2.82. The van der Waals surface area contributed by atoms with Gasteiger partial charge in [0.2, 0.25) is 0 Å². The number of aliphatic hydroxyl groups excluding tert-OH is 1. The molecule has 2 saturated heterocycles. The number of hydrogen-bond donors (Lipinski definition) is 1. The van der Waals surface area contributed by atoms with Gasteiger partial charge in [-0.05, 0) is 75.8 Å². The number of nitrogens with zero attached hydrogens (tertiary/aromatic N) is 1. The molecule has 4 rings (SSSR count). The first-order chi connectivity index (χ1) is 8.72. The van der Waals surface area contributed by atoms with Crippen LogP contribution in [0.5, 0.6) is 0 Å². The molecular formula is C16H27NO. The Hall–Kier alpha value is -0.0800. The van der Waals surface area contributed by atoms with E-state index in [4.69, 9.17) is 0 Å². The molecule has 1 spiro atoms. The van der Waals surface area contributed by atoms with E-state index >= 15 is 0 Å². The lowest BCUT2D eigenvalue weighted by molar-refractivity contribution is -0.194. The van der Waals surface area contributed by atoms with Crippen LogP contribution in [0.15, 0.2) is 0 Å². The van der Waals surface area contributed by atoms with Crippen molar-refractivity contribution < 1.29 is 5.11 Å². The standard InChI is InChI=1S/C16H27NO/c1-11-8-12-9-15(18)14-5-3-7-17-6-2-4-13(12)16(14,17)10-11/h11-15,18H,2-10H2,1H3/t11?,12-,13+,14+,15+,16+/m0/s1. The molecule has 2 aliphatic heterocycles. The first-order valence-electron chi connectivity index (χ1n) is 8.15. The van der Waals surface area contributed by atoms with Crippen LogP contribution in [-0.2, 0) is 0 Å². The van der Waals surface area contributed by atoms with E-state index in [1.165, 1.54) is 51.6 Å². The summed E-state index contributed by atoms with van der Waals surface area (Å²) in [6, 6.07) is 0. The largest absolute Gasteiger partial charge is 0.393 e. The third kappa shape index (κ3) is 1.37. The molecular weight excluding hydrogens is 222 g/mol. The molecule has 0 aromatic carbocycles. The number of rotatable bonds is 0. The van der Waals surface area contributed by atoms with Gasteiger partial charge < -0.3 is 5.11 Å². The van der Waals surface area contributed by atoms with Crippen molar-refractivity contribution in [1.82, 2.24) is 4.90 Å². The number of piperidine rings is 2. The molecule has 1 unspecified atom stereocenters. The number of hydrogen-bond acceptors (Lipinski definition) is 2. The fraction of sp³-hybridized carbons (Fsp3) is 1.00. The van der Waals surface area contributed by atoms with Crippen molar-refractivity contribution in [2.24, 2.45) is 23.7 Å². The van der Waals surface area contributed by atoms with Crippen LogP contribution in [0.1, 0.15) is 51.9 Å². The summed E-state index contributed by atoms with van der Waals surface area (Å²) in [6.07, 6.45) is 9.30. The highest BCUT2D eigenvalue weighted by Crippen LogP contribution is 2.60. The van der Waals surface area contributed by atoms with Gasteiger partial charge in [0.1, 0.15) is 0 Å². The zero-order chi connectivity index (χ0) is 12.3. The van der Waals surface area contributed by atoms with Crippen molar-refractivity contribution in [2.45, 2.75) is 63.5 Å². The monoisotopic (exact) mass is 249 g/mol. The van der Waals surface area contributed by atoms with Crippen molar-refractivity contribution in [2.75, 3.05) is 13.1 Å². The fourth-order valence-electron chi connectivity index (χ4n) is 6.43. The molecule has 18 heavy (non-hydrogen) atoms. The van der Waals surface area contributed by atoms with E-state index in [9.17, 15) is 5.11 Å². The van der Waals surface area contributed by atoms with Gasteiger partial charge in [0, 0.05) is 11.5 Å². The van der Waals surface area contributed by atoms with Crippen LogP contribution in [-0.4, -0.2) is 34.7 Å². The van der Waals surface area contributed by atoms with Gasteiger partial charge in [-0.25, -0.2) is 0 Å². The summed E-state index contributed by atoms with van der Waals surface area (Å²) in [5.74, 6) is 3.20. The average molecular weight is 249 g/mol. The third-order valence-corrected chi connectivity index (χ3v) is 6.72. The van der Waals surface area contributed by atoms with Crippen molar-refractivity contribution in [1.29, 1.82) is 0 Å². The maximum absolute atomic E-state index is 10.6. The Morgan fingerprint density at radius 1 is 1.06 bits per heavy atom. The average Bonchev–Trinajstić information content (AvgIpc) is 2.33. The van der Waals surface area contributed by atoms with Crippen LogP contribution in [0.4, 0.5) is 0 Å². The van der Waals surface area contributed by atoms with Gasteiger partial charge in [0.05, 0.1) is 6.10 Å². The van der Waals surface area contributed by atoms with Crippen molar-refractivity contribution in [3.05, 3.63) is 0 Å². The quantitative estimate of drug-likeness (QED) is 0.713. The lowest BCUT2D eigenvalue weighted by Crippen LogP contribution is -2.72. The maximum Gasteiger partial charge on any atom is 0.0589 e. The van der Waals surface area contributed by atoms with E-state index < -0.39 is 0 Å². The van der Waals surface area contributed by atoms with Crippen molar-refractivity contribution in [3.8, 4) is 0 Å². The van der Waals surface area contributed by atoms with Gasteiger partial charge >= 0.3 is 0 Å². The predicted molar refractivity (Wildman–Crippen MR) is 72.3 cm³/mol. The van der Waals surface area contributed by atoms with Gasteiger partial charge in [0.15, 0.2) is 0 Å². The Morgan fingerprint density at radius 3 is 2.56 bits per heavy atom. The molecule has 0 aromatic heterocycles. The summed E-state index contributed by atoms with van der Waals surface area (Å²) in [5, 5.41) is 10.6. The second-order valence-electron chi connectivity index (χ2n) is 7.58. The molecule has 4 aliphatic rings. The van der Waals surface area contributed by atoms with Crippen molar-refractivity contribution in [3.63, 3.8) is 0 Å². The summed E-state index contributed by atoms with van der Waals surface area (Å²) >= 11 is 0. The molecule has 0 aromatic rings. The van der Waals surface area contributed by atoms with Crippen LogP contribution in [0.3, 0.4) is 0 Å². The second kappa shape index (κ2) is 3.96. The van der Waals surface area contributed by atoms with E-state index in [2.05, 4.69) is 11.8 Å². The van der Waals surface area contributed by atoms with Crippen LogP contribution in [0.25, 0.3) is 0 Å². The smallest absolute Gasteiger partial charge is 0.0589 e. The minimum atomic E-state index is -0.000324. The Kier molecular flexibility index (Phi) is 2.58. The molecule has 2 heteroatoms. The highest BCUT2D eigenvalue weighted by molar-refractivity contribution is 5.15. The molecule has 2 heterocycles. The van der Waals surface area contributed by atoms with Crippen LogP contribution in [0, 0.1) is 23.7 Å². The minimum absolute atomic E-state index is 0.000324. The molecule has 2 bridgehead atoms. The number of aliphatic hydroxyl groups is 1. The molecule has 6 atom stereocenters. The zero-order valence-corrected chi connectivity index (χ0v) is 11.6. The molecule has 2 saturated carbocycles. The molecule has 1 N–H and O–H groups in total. The van der Waals surface area contributed by atoms with Gasteiger partial charge in [-0.1, -0.05) is 6.92 Å². The van der Waals surface area contributed by atoms with Gasteiger partial charge in [-0.15, -0.1) is 0 Å². The van der Waals surface area contributed by atoms with E-state index in [1.807, 2.05) is 0 Å². The third-order valence-electron chi connectivity index (χ3n) is 6.72. The Bertz CT molecular complexity index is 330. The molecule has 102 valence electrons. The maximum atomic E-state index is 10.6. The summed E-state index contributed by atoms with van der Waals surface area (Å²) in [7, 11) is 0. The Morgan fingerprint density at radius 2 is 1.78 bits per heavy atom. The zero-order valence-electron chi connectivity index (χ0n) is 11.6. The molecule has 0 radical (unpaired) electrons. The first kappa shape index (κ1) is 11.7. The topological polar surface area (TPSA) is 23.5 Å². The summed E-state index contributed by atoms with van der Waals surface area (Å²) in [6.45, 7) is 5.06. The Balaban J connectivity index is 1.80. The van der Waals surface area contributed by atoms with E-state index in [0.29, 0.717) is 11.5 Å². The molecule has 2 nitrogen and oxygen atoms in total. The predicted octanol–water partition coefficient (Wildman–Crippen LogP) is 2.66. The lowest BCUT2D eigenvalue weighted by atomic mass is 9.48. The normalized spacial score (nSPS) is 56.0. The van der Waals surface area contributed by atoms with E-state index in [1.54, 1.807) is 0 Å². The van der Waals surface area contributed by atoms with E-state index in [0.717, 1.165) is 24.2 Å². The highest BCUT2D eigenvalue weighted by Gasteiger charge is 2.61. The van der Waals surface area contributed by atoms with Crippen LogP contribution < -0.4 is 0 Å². The summed E-state index contributed by atoms with van der Waals surface area (Å²) < 4.78 is 0. The highest BCUT2D eigenvalue weighted by atomic mass is 16.3. The SMILES string of the molecule is CC1C[C@H]2C[C@@H](O)[C@H]3CCCN4CCC[C@H]2[C@]34C1. The Labute approximate surface area is 111 Å². The van der Waals surface area contributed by atoms with Gasteiger partial charge in [-0.2, -0.15) is 0 Å². The van der Waals surface area contributed by atoms with Crippen molar-refractivity contribution >= 4 is 0 Å². The summed E-state index contributed by atoms with van der Waals surface area (Å²) in [5.41, 5.74) is 0.413. The molecule has 4 fully saturated rings. The van der Waals surface area contributed by atoms with Crippen LogP contribution >= 0.6 is 0 Å². The lowest BCUT2D eigenvalue weighted by Gasteiger charge is -2.67.